The Hall–Kier alpha value is -1.39. The van der Waals surface area contributed by atoms with E-state index in [1.54, 1.807) is 5.01 Å². The molecule has 1 fully saturated rings. The molecule has 0 spiro atoms. The van der Waals surface area contributed by atoms with Gasteiger partial charge in [0, 0.05) is 26.1 Å². The lowest BCUT2D eigenvalue weighted by Crippen LogP contribution is -2.41. The number of benzene rings is 1. The van der Waals surface area contributed by atoms with Crippen LogP contribution in [0.4, 0.5) is 5.69 Å². The molecule has 0 radical (unpaired) electrons. The topological polar surface area (TPSA) is 49.6 Å². The summed E-state index contributed by atoms with van der Waals surface area (Å²) in [6, 6.07) is 7.97. The van der Waals surface area contributed by atoms with Crippen LogP contribution in [-0.4, -0.2) is 30.6 Å². The Kier molecular flexibility index (Phi) is 3.22. The summed E-state index contributed by atoms with van der Waals surface area (Å²) in [6.45, 7) is 4.08. The number of carbonyl (C=O) groups is 1. The maximum Gasteiger partial charge on any atom is 0.242 e. The molecule has 0 unspecified atom stereocenters. The Morgan fingerprint density at radius 2 is 2.25 bits per heavy atom. The molecule has 1 saturated heterocycles. The summed E-state index contributed by atoms with van der Waals surface area (Å²) in [4.78, 5) is 11.8. The van der Waals surface area contributed by atoms with Gasteiger partial charge in [-0.25, -0.2) is 10.0 Å². The molecule has 4 heteroatoms. The standard InChI is InChI=1S/C12H17N3O/c1-10-3-2-4-11(9-10)15-12(16)5-7-14(15)8-6-13/h2-4,9H,5-8,13H2,1H3. The first-order valence-electron chi connectivity index (χ1n) is 5.57. The van der Waals surface area contributed by atoms with Crippen LogP contribution in [0.1, 0.15) is 12.0 Å². The maximum atomic E-state index is 11.8. The number of hydrogen-bond acceptors (Lipinski definition) is 3. The Morgan fingerprint density at radius 3 is 2.94 bits per heavy atom. The van der Waals surface area contributed by atoms with Gasteiger partial charge in [0.25, 0.3) is 0 Å². The van der Waals surface area contributed by atoms with Crippen molar-refractivity contribution in [2.75, 3.05) is 24.6 Å². The SMILES string of the molecule is Cc1cccc(N2C(=O)CCN2CCN)c1. The van der Waals surface area contributed by atoms with E-state index < -0.39 is 0 Å². The number of aryl methyl sites for hydroxylation is 1. The third-order valence-electron chi connectivity index (χ3n) is 2.74. The van der Waals surface area contributed by atoms with Gasteiger partial charge in [-0.05, 0) is 24.6 Å². The molecule has 4 nitrogen and oxygen atoms in total. The van der Waals surface area contributed by atoms with E-state index in [0.29, 0.717) is 13.0 Å². The van der Waals surface area contributed by atoms with E-state index in [0.717, 1.165) is 24.3 Å². The van der Waals surface area contributed by atoms with Crippen molar-refractivity contribution in [1.29, 1.82) is 0 Å². The Bertz CT molecular complexity index is 392. The number of anilines is 1. The van der Waals surface area contributed by atoms with Crippen LogP contribution in [0.2, 0.25) is 0 Å². The summed E-state index contributed by atoms with van der Waals surface area (Å²) >= 11 is 0. The van der Waals surface area contributed by atoms with Gasteiger partial charge in [0.1, 0.15) is 0 Å². The summed E-state index contributed by atoms with van der Waals surface area (Å²) < 4.78 is 0. The molecule has 16 heavy (non-hydrogen) atoms. The van der Waals surface area contributed by atoms with E-state index in [9.17, 15) is 4.79 Å². The van der Waals surface area contributed by atoms with Crippen LogP contribution >= 0.6 is 0 Å². The van der Waals surface area contributed by atoms with Crippen molar-refractivity contribution in [1.82, 2.24) is 5.01 Å². The highest BCUT2D eigenvalue weighted by Crippen LogP contribution is 2.23. The van der Waals surface area contributed by atoms with E-state index in [1.165, 1.54) is 0 Å². The average molecular weight is 219 g/mol. The van der Waals surface area contributed by atoms with E-state index >= 15 is 0 Å². The summed E-state index contributed by atoms with van der Waals surface area (Å²) in [5, 5.41) is 3.76. The summed E-state index contributed by atoms with van der Waals surface area (Å²) in [6.07, 6.45) is 0.577. The quantitative estimate of drug-likeness (QED) is 0.822. The third kappa shape index (κ3) is 2.08. The van der Waals surface area contributed by atoms with Gasteiger partial charge in [0.05, 0.1) is 5.69 Å². The Morgan fingerprint density at radius 1 is 1.44 bits per heavy atom. The molecular formula is C12H17N3O. The molecule has 0 bridgehead atoms. The van der Waals surface area contributed by atoms with Gasteiger partial charge >= 0.3 is 0 Å². The van der Waals surface area contributed by atoms with Gasteiger partial charge in [-0.1, -0.05) is 12.1 Å². The second kappa shape index (κ2) is 4.63. The second-order valence-corrected chi connectivity index (χ2v) is 4.04. The predicted molar refractivity (Wildman–Crippen MR) is 63.9 cm³/mol. The van der Waals surface area contributed by atoms with Crippen LogP contribution in [0.25, 0.3) is 0 Å². The zero-order valence-electron chi connectivity index (χ0n) is 9.52. The predicted octanol–water partition coefficient (Wildman–Crippen LogP) is 0.907. The van der Waals surface area contributed by atoms with Crippen molar-refractivity contribution in [3.63, 3.8) is 0 Å². The van der Waals surface area contributed by atoms with E-state index in [2.05, 4.69) is 0 Å². The summed E-state index contributed by atoms with van der Waals surface area (Å²) in [5.74, 6) is 0.152. The third-order valence-corrected chi connectivity index (χ3v) is 2.74. The molecule has 1 aliphatic heterocycles. The van der Waals surface area contributed by atoms with E-state index in [4.69, 9.17) is 5.73 Å². The minimum Gasteiger partial charge on any atom is -0.329 e. The monoisotopic (exact) mass is 219 g/mol. The fraction of sp³-hybridized carbons (Fsp3) is 0.417. The molecule has 1 heterocycles. The van der Waals surface area contributed by atoms with Gasteiger partial charge in [0.2, 0.25) is 5.91 Å². The lowest BCUT2D eigenvalue weighted by atomic mass is 10.2. The van der Waals surface area contributed by atoms with Gasteiger partial charge in [0.15, 0.2) is 0 Å². The zero-order chi connectivity index (χ0) is 11.5. The molecule has 2 rings (SSSR count). The molecule has 1 aliphatic rings. The molecule has 1 aromatic carbocycles. The van der Waals surface area contributed by atoms with Crippen LogP contribution in [0.15, 0.2) is 24.3 Å². The zero-order valence-corrected chi connectivity index (χ0v) is 9.52. The lowest BCUT2D eigenvalue weighted by Gasteiger charge is -2.27. The minimum atomic E-state index is 0.152. The minimum absolute atomic E-state index is 0.152. The van der Waals surface area contributed by atoms with Crippen LogP contribution in [-0.2, 0) is 4.79 Å². The second-order valence-electron chi connectivity index (χ2n) is 4.04. The van der Waals surface area contributed by atoms with Crippen LogP contribution in [0.3, 0.4) is 0 Å². The van der Waals surface area contributed by atoms with Crippen LogP contribution in [0.5, 0.6) is 0 Å². The molecule has 0 aromatic heterocycles. The number of nitrogens with two attached hydrogens (primary N) is 1. The van der Waals surface area contributed by atoms with Gasteiger partial charge in [-0.15, -0.1) is 0 Å². The van der Waals surface area contributed by atoms with Crippen molar-refractivity contribution in [3.05, 3.63) is 29.8 Å². The number of hydrogen-bond donors (Lipinski definition) is 1. The summed E-state index contributed by atoms with van der Waals surface area (Å²) in [7, 11) is 0. The fourth-order valence-electron chi connectivity index (χ4n) is 2.02. The normalized spacial score (nSPS) is 17.1. The van der Waals surface area contributed by atoms with Crippen molar-refractivity contribution in [3.8, 4) is 0 Å². The molecule has 0 aliphatic carbocycles. The largest absolute Gasteiger partial charge is 0.329 e. The first kappa shape index (κ1) is 11.1. The van der Waals surface area contributed by atoms with Crippen LogP contribution in [0, 0.1) is 6.92 Å². The van der Waals surface area contributed by atoms with E-state index in [1.807, 2.05) is 36.2 Å². The van der Waals surface area contributed by atoms with Crippen molar-refractivity contribution >= 4 is 11.6 Å². The van der Waals surface area contributed by atoms with Gasteiger partial charge < -0.3 is 5.73 Å². The molecule has 86 valence electrons. The molecular weight excluding hydrogens is 202 g/mol. The van der Waals surface area contributed by atoms with Crippen LogP contribution < -0.4 is 10.7 Å². The highest BCUT2D eigenvalue weighted by Gasteiger charge is 2.29. The van der Waals surface area contributed by atoms with Crippen molar-refractivity contribution < 1.29 is 4.79 Å². The van der Waals surface area contributed by atoms with E-state index in [-0.39, 0.29) is 5.91 Å². The Balaban J connectivity index is 2.26. The van der Waals surface area contributed by atoms with Gasteiger partial charge in [-0.2, -0.15) is 0 Å². The smallest absolute Gasteiger partial charge is 0.242 e. The molecule has 0 saturated carbocycles. The highest BCUT2D eigenvalue weighted by atomic mass is 16.2. The molecule has 1 amide bonds. The highest BCUT2D eigenvalue weighted by molar-refractivity contribution is 5.94. The fourth-order valence-corrected chi connectivity index (χ4v) is 2.02. The van der Waals surface area contributed by atoms with Gasteiger partial charge in [-0.3, -0.25) is 4.79 Å². The first-order chi connectivity index (χ1) is 7.72. The maximum absolute atomic E-state index is 11.8. The van der Waals surface area contributed by atoms with Crippen molar-refractivity contribution in [2.24, 2.45) is 5.73 Å². The lowest BCUT2D eigenvalue weighted by molar-refractivity contribution is -0.118. The number of rotatable bonds is 3. The van der Waals surface area contributed by atoms with Crippen molar-refractivity contribution in [2.45, 2.75) is 13.3 Å². The number of amides is 1. The number of nitrogens with zero attached hydrogens (tertiary/aromatic N) is 2. The Labute approximate surface area is 95.6 Å². The first-order valence-corrected chi connectivity index (χ1v) is 5.57. The molecule has 1 aromatic rings. The molecule has 2 N–H and O–H groups in total. The number of hydrazine groups is 1. The average Bonchev–Trinajstić information content (AvgIpc) is 2.60. The summed E-state index contributed by atoms with van der Waals surface area (Å²) in [5.41, 5.74) is 7.64. The molecule has 0 atom stereocenters. The number of carbonyl (C=O) groups excluding carboxylic acids is 1.